The zero-order valence-corrected chi connectivity index (χ0v) is 26.6. The van der Waals surface area contributed by atoms with E-state index in [-0.39, 0.29) is 36.0 Å². The van der Waals surface area contributed by atoms with Crippen molar-refractivity contribution >= 4 is 43.9 Å². The average molecular weight is 710 g/mol. The summed E-state index contributed by atoms with van der Waals surface area (Å²) in [7, 11) is -9.03. The van der Waals surface area contributed by atoms with Crippen LogP contribution in [0.25, 0.3) is 16.7 Å². The van der Waals surface area contributed by atoms with Gasteiger partial charge in [0.1, 0.15) is 28.3 Å². The first-order valence-corrected chi connectivity index (χ1v) is 17.9. The maximum Gasteiger partial charge on any atom is 0.412 e. The van der Waals surface area contributed by atoms with Crippen LogP contribution in [-0.2, 0) is 15.6 Å². The lowest BCUT2D eigenvalue weighted by Crippen LogP contribution is -2.39. The molecule has 3 heterocycles. The molecule has 3 unspecified atom stereocenters. The number of rotatable bonds is 9. The van der Waals surface area contributed by atoms with Gasteiger partial charge < -0.3 is 34.7 Å². The summed E-state index contributed by atoms with van der Waals surface area (Å²) in [6, 6.07) is 8.11. The van der Waals surface area contributed by atoms with Crippen LogP contribution < -0.4 is 20.4 Å². The number of nitrogens with one attached hydrogen (secondary N) is 1. The highest BCUT2D eigenvalue weighted by atomic mass is 31.2. The van der Waals surface area contributed by atoms with E-state index in [0.717, 1.165) is 35.6 Å². The third-order valence-electron chi connectivity index (χ3n) is 7.62. The van der Waals surface area contributed by atoms with E-state index < -0.39 is 78.7 Å². The molecule has 19 heteroatoms. The van der Waals surface area contributed by atoms with Gasteiger partial charge in [0, 0.05) is 32.0 Å². The smallest absolute Gasteiger partial charge is 0.412 e. The molecule has 2 aromatic carbocycles. The Balaban J connectivity index is 1.32. The normalized spacial score (nSPS) is 16.8. The third-order valence-corrected chi connectivity index (χ3v) is 12.1. The van der Waals surface area contributed by atoms with Crippen LogP contribution in [0.5, 0.6) is 5.75 Å². The SMILES string of the molecule is CP(=O)(O)C(Cc1ccc(OC(=O)NC2CCN(c3nc4c(cc3F)c(=O)c(C(=O)O)cn4-c3ccc(F)cc3F)C2)cc1)P(=O)(O)O. The second-order valence-electron chi connectivity index (χ2n) is 11.1. The predicted molar refractivity (Wildman–Crippen MR) is 166 cm³/mol. The van der Waals surface area contributed by atoms with Gasteiger partial charge in [0.05, 0.1) is 17.1 Å². The molecule has 0 saturated carbocycles. The van der Waals surface area contributed by atoms with Crippen molar-refractivity contribution in [2.45, 2.75) is 24.3 Å². The maximum absolute atomic E-state index is 15.4. The molecule has 1 amide bonds. The fourth-order valence-electron chi connectivity index (χ4n) is 5.29. The number of hydrogen-bond donors (Lipinski definition) is 5. The molecule has 5 N–H and O–H groups in total. The van der Waals surface area contributed by atoms with E-state index in [1.54, 1.807) is 0 Å². The molecule has 2 aromatic heterocycles. The van der Waals surface area contributed by atoms with E-state index in [9.17, 15) is 52.1 Å². The Hall–Kier alpha value is -4.53. The molecular formula is C29H27F3N4O10P2. The molecule has 0 bridgehead atoms. The van der Waals surface area contributed by atoms with Gasteiger partial charge in [-0.3, -0.25) is 18.5 Å². The van der Waals surface area contributed by atoms with Crippen LogP contribution in [0, 0.1) is 17.5 Å². The summed E-state index contributed by atoms with van der Waals surface area (Å²) in [5.74, 6) is -4.86. The minimum atomic E-state index is -4.89. The standard InChI is InChI=1S/C29H27F3N4O10P2/c1-47(41,42)24(48(43,44)45)10-15-2-5-18(6-3-15)46-29(40)33-17-8-9-35(13-17)27-22(32)12-19-25(37)20(28(38)39)14-36(26(19)34-27)23-7-4-16(30)11-21(23)31/h2-7,11-12,14,17,24H,8-10,13H2,1H3,(H,33,40)(H,38,39)(H,41,42)(H2,43,44,45). The molecule has 1 aliphatic heterocycles. The van der Waals surface area contributed by atoms with E-state index in [2.05, 4.69) is 10.3 Å². The highest BCUT2D eigenvalue weighted by Gasteiger charge is 2.40. The number of hydrogen-bond acceptors (Lipinski definition) is 8. The topological polar surface area (TPSA) is 209 Å². The van der Waals surface area contributed by atoms with Crippen molar-refractivity contribution < 1.29 is 56.4 Å². The van der Waals surface area contributed by atoms with Crippen molar-refractivity contribution in [1.82, 2.24) is 14.9 Å². The number of ether oxygens (including phenoxy) is 1. The van der Waals surface area contributed by atoms with Gasteiger partial charge >= 0.3 is 19.7 Å². The van der Waals surface area contributed by atoms with Gasteiger partial charge in [-0.05, 0) is 48.7 Å². The van der Waals surface area contributed by atoms with E-state index >= 15 is 4.39 Å². The van der Waals surface area contributed by atoms with Gasteiger partial charge in [-0.25, -0.2) is 27.7 Å². The fourth-order valence-corrected chi connectivity index (χ4v) is 8.53. The van der Waals surface area contributed by atoms with Crippen LogP contribution in [0.4, 0.5) is 23.8 Å². The molecule has 1 fully saturated rings. The molecule has 3 atom stereocenters. The molecule has 1 aliphatic rings. The number of nitrogens with zero attached hydrogens (tertiary/aromatic N) is 3. The van der Waals surface area contributed by atoms with Crippen LogP contribution in [-0.4, -0.2) is 72.6 Å². The summed E-state index contributed by atoms with van der Waals surface area (Å²) in [4.78, 5) is 71.6. The molecule has 4 aromatic rings. The number of carbonyl (C=O) groups is 2. The summed E-state index contributed by atoms with van der Waals surface area (Å²) >= 11 is 0. The van der Waals surface area contributed by atoms with Crippen LogP contribution in [0.3, 0.4) is 0 Å². The lowest BCUT2D eigenvalue weighted by molar-refractivity contribution is 0.0694. The number of halogens is 3. The van der Waals surface area contributed by atoms with Crippen molar-refractivity contribution in [2.75, 3.05) is 24.7 Å². The third kappa shape index (κ3) is 7.45. The Kier molecular flexibility index (Phi) is 9.55. The largest absolute Gasteiger partial charge is 0.477 e. The van der Waals surface area contributed by atoms with Crippen LogP contribution >= 0.6 is 15.0 Å². The lowest BCUT2D eigenvalue weighted by Gasteiger charge is -2.21. The van der Waals surface area contributed by atoms with Gasteiger partial charge in [-0.15, -0.1) is 0 Å². The number of carbonyl (C=O) groups excluding carboxylic acids is 1. The Bertz CT molecular complexity index is 2060. The number of carboxylic acids is 1. The van der Waals surface area contributed by atoms with E-state index in [1.807, 2.05) is 0 Å². The number of aromatic nitrogens is 2. The molecule has 254 valence electrons. The summed E-state index contributed by atoms with van der Waals surface area (Å²) in [6.07, 6.45) is -0.162. The summed E-state index contributed by atoms with van der Waals surface area (Å²) in [6.45, 7) is 1.05. The van der Waals surface area contributed by atoms with Crippen molar-refractivity contribution in [3.63, 3.8) is 0 Å². The number of amides is 1. The number of aromatic carboxylic acids is 1. The Morgan fingerprint density at radius 2 is 1.75 bits per heavy atom. The highest BCUT2D eigenvalue weighted by Crippen LogP contribution is 2.61. The quantitative estimate of drug-likeness (QED) is 0.157. The van der Waals surface area contributed by atoms with Gasteiger partial charge in [0.2, 0.25) is 12.8 Å². The number of benzene rings is 2. The molecule has 5 rings (SSSR count). The maximum atomic E-state index is 15.4. The van der Waals surface area contributed by atoms with E-state index in [4.69, 9.17) is 4.74 Å². The fraction of sp³-hybridized carbons (Fsp3) is 0.241. The van der Waals surface area contributed by atoms with E-state index in [1.165, 1.54) is 29.2 Å². The Morgan fingerprint density at radius 3 is 2.35 bits per heavy atom. The molecule has 1 saturated heterocycles. The zero-order valence-electron chi connectivity index (χ0n) is 24.8. The molecule has 14 nitrogen and oxygen atoms in total. The van der Waals surface area contributed by atoms with Gasteiger partial charge in [-0.2, -0.15) is 0 Å². The first-order chi connectivity index (χ1) is 22.4. The second kappa shape index (κ2) is 13.2. The van der Waals surface area contributed by atoms with Crippen molar-refractivity contribution in [3.05, 3.63) is 93.5 Å². The Morgan fingerprint density at radius 1 is 1.06 bits per heavy atom. The van der Waals surface area contributed by atoms with Crippen LogP contribution in [0.15, 0.2) is 59.5 Å². The highest BCUT2D eigenvalue weighted by molar-refractivity contribution is 7.73. The molecule has 0 radical (unpaired) electrons. The summed E-state index contributed by atoms with van der Waals surface area (Å²) in [5, 5.41) is 9.88. The van der Waals surface area contributed by atoms with Gasteiger partial charge in [0.25, 0.3) is 0 Å². The predicted octanol–water partition coefficient (Wildman–Crippen LogP) is 3.82. The zero-order chi connectivity index (χ0) is 35.1. The summed E-state index contributed by atoms with van der Waals surface area (Å²) in [5.41, 5.74) is -2.17. The van der Waals surface area contributed by atoms with Crippen LogP contribution in [0.1, 0.15) is 22.3 Å². The second-order valence-corrected chi connectivity index (χ2v) is 15.9. The van der Waals surface area contributed by atoms with Gasteiger partial charge in [0.15, 0.2) is 17.3 Å². The molecule has 0 spiro atoms. The number of carboxylic acid groups (broad SMARTS) is 1. The monoisotopic (exact) mass is 710 g/mol. The Labute approximate surface area is 269 Å². The minimum absolute atomic E-state index is 0.0216. The first kappa shape index (κ1) is 34.8. The van der Waals surface area contributed by atoms with E-state index in [0.29, 0.717) is 18.1 Å². The van der Waals surface area contributed by atoms with Crippen molar-refractivity contribution in [2.24, 2.45) is 0 Å². The lowest BCUT2D eigenvalue weighted by atomic mass is 10.1. The molecule has 0 aliphatic carbocycles. The van der Waals surface area contributed by atoms with Gasteiger partial charge in [-0.1, -0.05) is 12.1 Å². The van der Waals surface area contributed by atoms with Crippen LogP contribution in [0.2, 0.25) is 0 Å². The minimum Gasteiger partial charge on any atom is -0.477 e. The first-order valence-electron chi connectivity index (χ1n) is 14.0. The van der Waals surface area contributed by atoms with Crippen molar-refractivity contribution in [3.8, 4) is 11.4 Å². The average Bonchev–Trinajstić information content (AvgIpc) is 3.43. The number of anilines is 1. The van der Waals surface area contributed by atoms with Crippen molar-refractivity contribution in [1.29, 1.82) is 0 Å². The molecular weight excluding hydrogens is 683 g/mol. The summed E-state index contributed by atoms with van der Waals surface area (Å²) < 4.78 is 73.6. The molecule has 48 heavy (non-hydrogen) atoms. The number of pyridine rings is 2. The number of fused-ring (bicyclic) bond motifs is 1.